The monoisotopic (exact) mass is 297 g/mol. The summed E-state index contributed by atoms with van der Waals surface area (Å²) in [6.07, 6.45) is 1.63. The van der Waals surface area contributed by atoms with Gasteiger partial charge < -0.3 is 0 Å². The third kappa shape index (κ3) is 1.92. The Morgan fingerprint density at radius 2 is 2.00 bits per heavy atom. The van der Waals surface area contributed by atoms with Crippen LogP contribution in [0, 0.1) is 5.82 Å². The average Bonchev–Trinajstić information content (AvgIpc) is 2.90. The summed E-state index contributed by atoms with van der Waals surface area (Å²) in [6, 6.07) is 11.6. The van der Waals surface area contributed by atoms with Gasteiger partial charge in [0.05, 0.1) is 21.8 Å². The minimum atomic E-state index is -0.323. The highest BCUT2D eigenvalue weighted by atomic mass is 32.1. The number of hydrogen-bond donors (Lipinski definition) is 0. The van der Waals surface area contributed by atoms with Gasteiger partial charge in [-0.2, -0.15) is 9.78 Å². The molecule has 21 heavy (non-hydrogen) atoms. The van der Waals surface area contributed by atoms with Crippen molar-refractivity contribution in [3.8, 4) is 5.13 Å². The molecule has 0 radical (unpaired) electrons. The van der Waals surface area contributed by atoms with Crippen molar-refractivity contribution in [1.82, 2.24) is 14.8 Å². The molecule has 0 saturated carbocycles. The molecule has 2 aromatic heterocycles. The molecule has 0 atom stereocenters. The topological polar surface area (TPSA) is 47.8 Å². The molecule has 0 aliphatic rings. The number of fused-ring (bicyclic) bond motifs is 2. The van der Waals surface area contributed by atoms with Crippen molar-refractivity contribution < 1.29 is 4.39 Å². The summed E-state index contributed by atoms with van der Waals surface area (Å²) in [5, 5.41) is 5.95. The second-order valence-corrected chi connectivity index (χ2v) is 5.57. The lowest BCUT2D eigenvalue weighted by Gasteiger charge is -2.01. The summed E-state index contributed by atoms with van der Waals surface area (Å²) in [7, 11) is 0. The lowest BCUT2D eigenvalue weighted by molar-refractivity contribution is 0.630. The highest BCUT2D eigenvalue weighted by Gasteiger charge is 2.11. The first-order chi connectivity index (χ1) is 10.2. The molecule has 6 heteroatoms. The van der Waals surface area contributed by atoms with Crippen LogP contribution in [-0.4, -0.2) is 14.8 Å². The number of nitrogens with zero attached hydrogens (tertiary/aromatic N) is 3. The number of thiazole rings is 1. The van der Waals surface area contributed by atoms with Gasteiger partial charge in [0.15, 0.2) is 0 Å². The van der Waals surface area contributed by atoms with Gasteiger partial charge in [-0.15, -0.1) is 0 Å². The van der Waals surface area contributed by atoms with E-state index < -0.39 is 0 Å². The Balaban J connectivity index is 1.99. The maximum absolute atomic E-state index is 13.2. The Hall–Kier alpha value is -2.60. The van der Waals surface area contributed by atoms with Gasteiger partial charge in [0.1, 0.15) is 5.82 Å². The van der Waals surface area contributed by atoms with Gasteiger partial charge in [-0.3, -0.25) is 4.79 Å². The standard InChI is InChI=1S/C15H8FN3OS/c16-10-5-6-12-13(7-10)21-15(18-12)19-14(20)11-4-2-1-3-9(11)8-17-19/h1-8H. The molecule has 0 fully saturated rings. The number of rotatable bonds is 1. The van der Waals surface area contributed by atoms with Crippen molar-refractivity contribution >= 4 is 32.3 Å². The fraction of sp³-hybridized carbons (Fsp3) is 0. The minimum absolute atomic E-state index is 0.229. The number of benzene rings is 2. The molecule has 2 heterocycles. The van der Waals surface area contributed by atoms with Crippen molar-refractivity contribution in [2.45, 2.75) is 0 Å². The molecule has 0 saturated heterocycles. The molecule has 0 spiro atoms. The molecule has 0 N–H and O–H groups in total. The minimum Gasteiger partial charge on any atom is -0.267 e. The van der Waals surface area contributed by atoms with Gasteiger partial charge in [0, 0.05) is 5.39 Å². The van der Waals surface area contributed by atoms with Crippen LogP contribution >= 0.6 is 11.3 Å². The summed E-state index contributed by atoms with van der Waals surface area (Å²) in [4.78, 5) is 16.8. The van der Waals surface area contributed by atoms with E-state index in [0.29, 0.717) is 20.7 Å². The Kier molecular flexibility index (Phi) is 2.58. The maximum Gasteiger partial charge on any atom is 0.281 e. The molecule has 0 aliphatic carbocycles. The Morgan fingerprint density at radius 3 is 2.90 bits per heavy atom. The third-order valence-corrected chi connectivity index (χ3v) is 4.21. The maximum atomic E-state index is 13.2. The predicted molar refractivity (Wildman–Crippen MR) is 80.5 cm³/mol. The van der Waals surface area contributed by atoms with Gasteiger partial charge in [0.2, 0.25) is 5.13 Å². The lowest BCUT2D eigenvalue weighted by Crippen LogP contribution is -2.20. The summed E-state index contributed by atoms with van der Waals surface area (Å²) in [6.45, 7) is 0. The number of halogens is 1. The van der Waals surface area contributed by atoms with Gasteiger partial charge in [-0.1, -0.05) is 29.5 Å². The fourth-order valence-electron chi connectivity index (χ4n) is 2.20. The van der Waals surface area contributed by atoms with Crippen LogP contribution in [-0.2, 0) is 0 Å². The summed E-state index contributed by atoms with van der Waals surface area (Å²) >= 11 is 1.24. The molecule has 0 aliphatic heterocycles. The first-order valence-corrected chi connectivity index (χ1v) is 7.07. The van der Waals surface area contributed by atoms with Crippen LogP contribution in [0.25, 0.3) is 26.1 Å². The van der Waals surface area contributed by atoms with Crippen molar-refractivity contribution in [1.29, 1.82) is 0 Å². The second kappa shape index (κ2) is 4.46. The number of hydrogen-bond acceptors (Lipinski definition) is 4. The van der Waals surface area contributed by atoms with Crippen LogP contribution in [0.2, 0.25) is 0 Å². The zero-order valence-corrected chi connectivity index (χ0v) is 11.5. The van der Waals surface area contributed by atoms with Gasteiger partial charge >= 0.3 is 0 Å². The molecule has 4 aromatic rings. The van der Waals surface area contributed by atoms with E-state index >= 15 is 0 Å². The zero-order valence-electron chi connectivity index (χ0n) is 10.7. The molecule has 102 valence electrons. The Labute approximate surface area is 122 Å². The van der Waals surface area contributed by atoms with E-state index in [9.17, 15) is 9.18 Å². The SMILES string of the molecule is O=c1c2ccccc2cnn1-c1nc2ccc(F)cc2s1. The van der Waals surface area contributed by atoms with E-state index in [1.807, 2.05) is 18.2 Å². The van der Waals surface area contributed by atoms with E-state index in [2.05, 4.69) is 10.1 Å². The van der Waals surface area contributed by atoms with Crippen LogP contribution in [0.1, 0.15) is 0 Å². The van der Waals surface area contributed by atoms with E-state index in [4.69, 9.17) is 0 Å². The van der Waals surface area contributed by atoms with Crippen molar-refractivity contribution in [3.63, 3.8) is 0 Å². The summed E-state index contributed by atoms with van der Waals surface area (Å²) in [5.74, 6) is -0.323. The smallest absolute Gasteiger partial charge is 0.267 e. The van der Waals surface area contributed by atoms with E-state index in [-0.39, 0.29) is 11.4 Å². The first kappa shape index (κ1) is 12.2. The quantitative estimate of drug-likeness (QED) is 0.542. The van der Waals surface area contributed by atoms with Crippen LogP contribution in [0.3, 0.4) is 0 Å². The first-order valence-electron chi connectivity index (χ1n) is 6.26. The van der Waals surface area contributed by atoms with E-state index in [1.54, 1.807) is 18.3 Å². The van der Waals surface area contributed by atoms with Gasteiger partial charge in [0.25, 0.3) is 5.56 Å². The second-order valence-electron chi connectivity index (χ2n) is 4.56. The molecular formula is C15H8FN3OS. The molecule has 0 bridgehead atoms. The van der Waals surface area contributed by atoms with Gasteiger partial charge in [-0.25, -0.2) is 9.37 Å². The zero-order chi connectivity index (χ0) is 14.4. The van der Waals surface area contributed by atoms with Crippen molar-refractivity contribution in [3.05, 3.63) is 64.8 Å². The lowest BCUT2D eigenvalue weighted by atomic mass is 10.2. The highest BCUT2D eigenvalue weighted by molar-refractivity contribution is 7.20. The molecular weight excluding hydrogens is 289 g/mol. The number of aromatic nitrogens is 3. The molecule has 4 rings (SSSR count). The van der Waals surface area contributed by atoms with Crippen molar-refractivity contribution in [2.75, 3.05) is 0 Å². The van der Waals surface area contributed by atoms with Gasteiger partial charge in [-0.05, 0) is 24.3 Å². The summed E-state index contributed by atoms with van der Waals surface area (Å²) < 4.78 is 15.2. The Morgan fingerprint density at radius 1 is 1.14 bits per heavy atom. The van der Waals surface area contributed by atoms with Crippen LogP contribution in [0.4, 0.5) is 4.39 Å². The third-order valence-electron chi connectivity index (χ3n) is 3.22. The fourth-order valence-corrected chi connectivity index (χ4v) is 3.15. The molecule has 2 aromatic carbocycles. The van der Waals surface area contributed by atoms with E-state index in [1.165, 1.54) is 28.2 Å². The summed E-state index contributed by atoms with van der Waals surface area (Å²) in [5.41, 5.74) is 0.422. The molecule has 0 amide bonds. The molecule has 0 unspecified atom stereocenters. The predicted octanol–water partition coefficient (Wildman–Crippen LogP) is 3.13. The van der Waals surface area contributed by atoms with E-state index in [0.717, 1.165) is 5.39 Å². The normalized spacial score (nSPS) is 11.3. The van der Waals surface area contributed by atoms with Crippen LogP contribution in [0.5, 0.6) is 0 Å². The highest BCUT2D eigenvalue weighted by Crippen LogP contribution is 2.24. The molecule has 4 nitrogen and oxygen atoms in total. The van der Waals surface area contributed by atoms with Crippen LogP contribution < -0.4 is 5.56 Å². The van der Waals surface area contributed by atoms with Crippen LogP contribution in [0.15, 0.2) is 53.5 Å². The largest absolute Gasteiger partial charge is 0.281 e. The average molecular weight is 297 g/mol. The van der Waals surface area contributed by atoms with Crippen molar-refractivity contribution in [2.24, 2.45) is 0 Å². The Bertz CT molecular complexity index is 1040.